The third-order valence-corrected chi connectivity index (χ3v) is 8.48. The van der Waals surface area contributed by atoms with Crippen molar-refractivity contribution in [1.29, 1.82) is 0 Å². The SMILES string of the molecule is CC1=C(N2CCC(C)(C3CCN(C[C@H](O)c4ccc5c(c4C)COC5=O)CC3)C2=O)COC1=O. The van der Waals surface area contributed by atoms with Crippen LogP contribution in [-0.2, 0) is 25.7 Å². The smallest absolute Gasteiger partial charge is 0.338 e. The van der Waals surface area contributed by atoms with E-state index < -0.39 is 11.5 Å². The summed E-state index contributed by atoms with van der Waals surface area (Å²) in [6.45, 7) is 8.96. The van der Waals surface area contributed by atoms with Gasteiger partial charge in [0.25, 0.3) is 0 Å². The highest BCUT2D eigenvalue weighted by Gasteiger charge is 2.50. The molecule has 2 fully saturated rings. The number of rotatable bonds is 5. The lowest BCUT2D eigenvalue weighted by Gasteiger charge is -2.40. The van der Waals surface area contributed by atoms with Gasteiger partial charge in [-0.3, -0.25) is 4.79 Å². The summed E-state index contributed by atoms with van der Waals surface area (Å²) in [7, 11) is 0. The molecule has 1 aromatic carbocycles. The number of fused-ring (bicyclic) bond motifs is 1. The zero-order valence-corrected chi connectivity index (χ0v) is 20.1. The molecule has 2 atom stereocenters. The van der Waals surface area contributed by atoms with Gasteiger partial charge in [-0.1, -0.05) is 13.0 Å². The number of piperidine rings is 1. The number of hydrogen-bond acceptors (Lipinski definition) is 7. The van der Waals surface area contributed by atoms with Crippen LogP contribution in [0.3, 0.4) is 0 Å². The van der Waals surface area contributed by atoms with E-state index in [1.54, 1.807) is 17.9 Å². The Morgan fingerprint density at radius 2 is 1.76 bits per heavy atom. The molecule has 1 amide bonds. The predicted molar refractivity (Wildman–Crippen MR) is 123 cm³/mol. The van der Waals surface area contributed by atoms with Crippen LogP contribution in [0.5, 0.6) is 0 Å². The molecule has 4 aliphatic heterocycles. The van der Waals surface area contributed by atoms with Crippen molar-refractivity contribution in [2.45, 2.75) is 52.7 Å². The summed E-state index contributed by atoms with van der Waals surface area (Å²) in [5.74, 6) is -0.263. The fraction of sp³-hybridized carbons (Fsp3) is 0.577. The molecule has 0 aliphatic carbocycles. The minimum Gasteiger partial charge on any atom is -0.457 e. The van der Waals surface area contributed by atoms with Crippen LogP contribution in [0, 0.1) is 18.3 Å². The maximum Gasteiger partial charge on any atom is 0.338 e. The summed E-state index contributed by atoms with van der Waals surface area (Å²) < 4.78 is 10.2. The Hall–Kier alpha value is -2.71. The van der Waals surface area contributed by atoms with E-state index in [-0.39, 0.29) is 37.0 Å². The highest BCUT2D eigenvalue weighted by molar-refractivity contribution is 5.94. The molecule has 0 bridgehead atoms. The van der Waals surface area contributed by atoms with Crippen molar-refractivity contribution in [2.24, 2.45) is 11.3 Å². The van der Waals surface area contributed by atoms with Crippen LogP contribution in [-0.4, -0.2) is 65.5 Å². The molecule has 8 nitrogen and oxygen atoms in total. The number of aliphatic hydroxyl groups is 1. The molecule has 1 N–H and O–H groups in total. The van der Waals surface area contributed by atoms with E-state index in [4.69, 9.17) is 9.47 Å². The lowest BCUT2D eigenvalue weighted by atomic mass is 9.71. The molecule has 4 heterocycles. The van der Waals surface area contributed by atoms with E-state index in [0.29, 0.717) is 24.2 Å². The van der Waals surface area contributed by atoms with Crippen LogP contribution < -0.4 is 0 Å². The second-order valence-electron chi connectivity index (χ2n) is 10.2. The number of likely N-dealkylation sites (tertiary alicyclic amines) is 2. The third-order valence-electron chi connectivity index (χ3n) is 8.48. The van der Waals surface area contributed by atoms with Gasteiger partial charge in [-0.15, -0.1) is 0 Å². The van der Waals surface area contributed by atoms with Gasteiger partial charge >= 0.3 is 11.9 Å². The van der Waals surface area contributed by atoms with Gasteiger partial charge in [-0.05, 0) is 69.3 Å². The normalized spacial score (nSPS) is 26.8. The van der Waals surface area contributed by atoms with E-state index >= 15 is 0 Å². The fourth-order valence-electron chi connectivity index (χ4n) is 6.07. The number of carbonyl (C=O) groups excluding carboxylic acids is 3. The molecule has 34 heavy (non-hydrogen) atoms. The molecule has 0 radical (unpaired) electrons. The van der Waals surface area contributed by atoms with Gasteiger partial charge in [0, 0.05) is 18.7 Å². The molecule has 0 saturated carbocycles. The van der Waals surface area contributed by atoms with Crippen LogP contribution >= 0.6 is 0 Å². The predicted octanol–water partition coefficient (Wildman–Crippen LogP) is 2.48. The number of nitrogens with zero attached hydrogens (tertiary/aromatic N) is 2. The third kappa shape index (κ3) is 3.64. The second-order valence-corrected chi connectivity index (χ2v) is 10.2. The van der Waals surface area contributed by atoms with Gasteiger partial charge in [0.2, 0.25) is 5.91 Å². The Labute approximate surface area is 199 Å². The summed E-state index contributed by atoms with van der Waals surface area (Å²) in [6, 6.07) is 3.58. The van der Waals surface area contributed by atoms with Crippen LogP contribution in [0.25, 0.3) is 0 Å². The van der Waals surface area contributed by atoms with Crippen LogP contribution in [0.2, 0.25) is 0 Å². The number of aliphatic hydroxyl groups excluding tert-OH is 1. The molecule has 1 aromatic rings. The van der Waals surface area contributed by atoms with Gasteiger partial charge in [0.05, 0.1) is 28.4 Å². The Balaban J connectivity index is 1.21. The van der Waals surface area contributed by atoms with Crippen LogP contribution in [0.15, 0.2) is 23.4 Å². The lowest BCUT2D eigenvalue weighted by molar-refractivity contribution is -0.139. The molecule has 0 spiro atoms. The van der Waals surface area contributed by atoms with Crippen molar-refractivity contribution in [3.63, 3.8) is 0 Å². The molecule has 8 heteroatoms. The van der Waals surface area contributed by atoms with Crippen molar-refractivity contribution in [3.8, 4) is 0 Å². The zero-order chi connectivity index (χ0) is 24.2. The average molecular weight is 469 g/mol. The molecule has 1 unspecified atom stereocenters. The van der Waals surface area contributed by atoms with Crippen molar-refractivity contribution in [2.75, 3.05) is 32.8 Å². The van der Waals surface area contributed by atoms with Crippen LogP contribution in [0.4, 0.5) is 0 Å². The number of β-amino-alcohol motifs (C(OH)–C–C–N with tert-alkyl or cyclic N) is 1. The second kappa shape index (κ2) is 8.50. The highest BCUT2D eigenvalue weighted by Crippen LogP contribution is 2.45. The Kier molecular flexibility index (Phi) is 5.76. The maximum absolute atomic E-state index is 13.4. The van der Waals surface area contributed by atoms with E-state index in [2.05, 4.69) is 11.8 Å². The van der Waals surface area contributed by atoms with Crippen LogP contribution in [0.1, 0.15) is 66.3 Å². The molecule has 182 valence electrons. The molecule has 5 rings (SSSR count). The Morgan fingerprint density at radius 1 is 1.06 bits per heavy atom. The van der Waals surface area contributed by atoms with E-state index in [9.17, 15) is 19.5 Å². The molecular weight excluding hydrogens is 436 g/mol. The summed E-state index contributed by atoms with van der Waals surface area (Å²) in [4.78, 5) is 41.0. The highest BCUT2D eigenvalue weighted by atomic mass is 16.5. The van der Waals surface area contributed by atoms with Gasteiger partial charge in [-0.2, -0.15) is 0 Å². The van der Waals surface area contributed by atoms with Gasteiger partial charge in [0.15, 0.2) is 0 Å². The van der Waals surface area contributed by atoms with E-state index in [0.717, 1.165) is 54.7 Å². The first-order valence-electron chi connectivity index (χ1n) is 12.1. The number of carbonyl (C=O) groups is 3. The summed E-state index contributed by atoms with van der Waals surface area (Å²) >= 11 is 0. The van der Waals surface area contributed by atoms with Gasteiger partial charge < -0.3 is 24.4 Å². The van der Waals surface area contributed by atoms with Gasteiger partial charge in [0.1, 0.15) is 13.2 Å². The van der Waals surface area contributed by atoms with Crippen molar-refractivity contribution in [3.05, 3.63) is 45.7 Å². The van der Waals surface area contributed by atoms with Crippen molar-refractivity contribution >= 4 is 17.8 Å². The molecule has 0 aromatic heterocycles. The van der Waals surface area contributed by atoms with Crippen molar-refractivity contribution < 1.29 is 29.0 Å². The maximum atomic E-state index is 13.4. The number of benzene rings is 1. The molecule has 2 saturated heterocycles. The first-order chi connectivity index (χ1) is 16.2. The van der Waals surface area contributed by atoms with Crippen molar-refractivity contribution in [1.82, 2.24) is 9.80 Å². The number of cyclic esters (lactones) is 2. The van der Waals surface area contributed by atoms with E-state index in [1.807, 2.05) is 13.0 Å². The number of amides is 1. The summed E-state index contributed by atoms with van der Waals surface area (Å²) in [5, 5.41) is 11.0. The quantitative estimate of drug-likeness (QED) is 0.663. The Bertz CT molecular complexity index is 1090. The fourth-order valence-corrected chi connectivity index (χ4v) is 6.07. The summed E-state index contributed by atoms with van der Waals surface area (Å²) in [6.07, 6.45) is 1.91. The Morgan fingerprint density at radius 3 is 2.44 bits per heavy atom. The number of esters is 2. The topological polar surface area (TPSA) is 96.4 Å². The first-order valence-corrected chi connectivity index (χ1v) is 12.1. The van der Waals surface area contributed by atoms with Gasteiger partial charge in [-0.25, -0.2) is 9.59 Å². The molecule has 4 aliphatic rings. The monoisotopic (exact) mass is 468 g/mol. The number of ether oxygens (including phenoxy) is 2. The number of hydrogen-bond donors (Lipinski definition) is 1. The summed E-state index contributed by atoms with van der Waals surface area (Å²) in [5.41, 5.74) is 4.05. The lowest BCUT2D eigenvalue weighted by Crippen LogP contribution is -2.44. The first kappa shape index (κ1) is 23.1. The minimum atomic E-state index is -0.647. The van der Waals surface area contributed by atoms with E-state index in [1.165, 1.54) is 0 Å². The molecular formula is C26H32N2O6. The minimum absolute atomic E-state index is 0.101. The standard InChI is InChI=1S/C26H32N2O6/c1-15-18(4-5-19-20(15)13-33-24(19)31)22(29)12-27-9-6-17(7-10-27)26(3)8-11-28(25(26)32)21-14-34-23(30)16(21)2/h4-5,17,22,29H,6-14H2,1-3H3/t22-,26?/m0/s1. The average Bonchev–Trinajstić information content (AvgIpc) is 3.46. The largest absolute Gasteiger partial charge is 0.457 e. The zero-order valence-electron chi connectivity index (χ0n) is 20.1.